The molecule has 1 aromatic carbocycles. The highest BCUT2D eigenvalue weighted by Gasteiger charge is 2.22. The van der Waals surface area contributed by atoms with Gasteiger partial charge in [-0.2, -0.15) is 0 Å². The first-order chi connectivity index (χ1) is 8.58. The van der Waals surface area contributed by atoms with Gasteiger partial charge in [-0.15, -0.1) is 11.8 Å². The van der Waals surface area contributed by atoms with Crippen molar-refractivity contribution in [3.63, 3.8) is 0 Å². The summed E-state index contributed by atoms with van der Waals surface area (Å²) in [5, 5.41) is 5.92. The average molecular weight is 265 g/mol. The minimum atomic E-state index is -0.459. The molecule has 0 aliphatic carbocycles. The van der Waals surface area contributed by atoms with E-state index < -0.39 is 5.91 Å². The summed E-state index contributed by atoms with van der Waals surface area (Å²) >= 11 is 1.70. The molecule has 1 aliphatic rings. The maximum atomic E-state index is 11.9. The number of carbonyl (C=O) groups is 2. The number of amides is 2. The smallest absolute Gasteiger partial charge is 0.248 e. The second-order valence-corrected chi connectivity index (χ2v) is 5.19. The lowest BCUT2D eigenvalue weighted by Crippen LogP contribution is -2.37. The molecule has 1 atom stereocenters. The van der Waals surface area contributed by atoms with Gasteiger partial charge in [-0.25, -0.2) is 0 Å². The minimum Gasteiger partial charge on any atom is -0.366 e. The van der Waals surface area contributed by atoms with Crippen molar-refractivity contribution in [1.29, 1.82) is 0 Å². The molecule has 18 heavy (non-hydrogen) atoms. The highest BCUT2D eigenvalue weighted by atomic mass is 32.2. The third kappa shape index (κ3) is 2.83. The van der Waals surface area contributed by atoms with Crippen molar-refractivity contribution in [2.45, 2.75) is 13.0 Å². The van der Waals surface area contributed by atoms with Gasteiger partial charge in [-0.3, -0.25) is 14.9 Å². The van der Waals surface area contributed by atoms with Gasteiger partial charge in [0.25, 0.3) is 0 Å². The molecule has 1 fully saturated rings. The summed E-state index contributed by atoms with van der Waals surface area (Å²) in [5.74, 6) is 1.08. The number of carbonyl (C=O) groups excluding carboxylic acids is 2. The molecule has 4 N–H and O–H groups in total. The van der Waals surface area contributed by atoms with Crippen LogP contribution in [0.1, 0.15) is 15.9 Å². The number of aryl methyl sites for hydroxylation is 1. The fourth-order valence-corrected chi connectivity index (χ4v) is 2.75. The molecule has 2 amide bonds. The van der Waals surface area contributed by atoms with Gasteiger partial charge < -0.3 is 11.1 Å². The van der Waals surface area contributed by atoms with Crippen molar-refractivity contribution in [3.8, 4) is 0 Å². The Kier molecular flexibility index (Phi) is 3.88. The number of hydrogen-bond donors (Lipinski definition) is 3. The third-order valence-electron chi connectivity index (χ3n) is 2.79. The summed E-state index contributed by atoms with van der Waals surface area (Å²) in [6.45, 7) is 1.79. The summed E-state index contributed by atoms with van der Waals surface area (Å²) in [5.41, 5.74) is 7.14. The van der Waals surface area contributed by atoms with Crippen LogP contribution < -0.4 is 16.4 Å². The Labute approximate surface area is 110 Å². The Morgan fingerprint density at radius 1 is 1.50 bits per heavy atom. The number of nitrogens with one attached hydrogen (secondary N) is 2. The van der Waals surface area contributed by atoms with Gasteiger partial charge in [0.05, 0.1) is 6.04 Å². The highest BCUT2D eigenvalue weighted by Crippen LogP contribution is 2.16. The van der Waals surface area contributed by atoms with Crippen LogP contribution in [0.3, 0.4) is 0 Å². The van der Waals surface area contributed by atoms with Crippen LogP contribution >= 0.6 is 11.8 Å². The van der Waals surface area contributed by atoms with Crippen molar-refractivity contribution < 1.29 is 9.59 Å². The predicted octanol–water partition coefficient (Wildman–Crippen LogP) is 0.695. The van der Waals surface area contributed by atoms with Gasteiger partial charge in [0.2, 0.25) is 11.8 Å². The molecule has 6 heteroatoms. The van der Waals surface area contributed by atoms with Crippen LogP contribution in [0.4, 0.5) is 5.69 Å². The minimum absolute atomic E-state index is 0.0498. The predicted molar refractivity (Wildman–Crippen MR) is 72.6 cm³/mol. The van der Waals surface area contributed by atoms with Crippen molar-refractivity contribution >= 4 is 29.3 Å². The Hall–Kier alpha value is -1.53. The van der Waals surface area contributed by atoms with E-state index in [1.165, 1.54) is 0 Å². The van der Waals surface area contributed by atoms with Gasteiger partial charge in [0.1, 0.15) is 0 Å². The van der Waals surface area contributed by atoms with Crippen molar-refractivity contribution in [3.05, 3.63) is 29.3 Å². The Morgan fingerprint density at radius 2 is 2.28 bits per heavy atom. The van der Waals surface area contributed by atoms with E-state index in [2.05, 4.69) is 10.6 Å². The van der Waals surface area contributed by atoms with Crippen molar-refractivity contribution in [2.75, 3.05) is 16.9 Å². The molecule has 1 aromatic rings. The van der Waals surface area contributed by atoms with Gasteiger partial charge in [0.15, 0.2) is 0 Å². The molecule has 1 saturated heterocycles. The maximum absolute atomic E-state index is 11.9. The van der Waals surface area contributed by atoms with E-state index in [4.69, 9.17) is 5.73 Å². The zero-order valence-electron chi connectivity index (χ0n) is 10.0. The summed E-state index contributed by atoms with van der Waals surface area (Å²) in [7, 11) is 0. The fraction of sp³-hybridized carbons (Fsp3) is 0.333. The zero-order chi connectivity index (χ0) is 13.1. The first-order valence-electron chi connectivity index (χ1n) is 5.60. The number of anilines is 1. The quantitative estimate of drug-likeness (QED) is 0.751. The lowest BCUT2D eigenvalue weighted by atomic mass is 10.1. The molecule has 0 bridgehead atoms. The molecule has 1 unspecified atom stereocenters. The third-order valence-corrected chi connectivity index (χ3v) is 3.73. The molecule has 2 rings (SSSR count). The van der Waals surface area contributed by atoms with E-state index in [0.717, 1.165) is 17.2 Å². The second-order valence-electron chi connectivity index (χ2n) is 4.16. The Balaban J connectivity index is 2.07. The van der Waals surface area contributed by atoms with Crippen LogP contribution in [0.5, 0.6) is 0 Å². The van der Waals surface area contributed by atoms with Crippen molar-refractivity contribution in [2.24, 2.45) is 5.73 Å². The molecule has 1 heterocycles. The van der Waals surface area contributed by atoms with E-state index in [1.807, 2.05) is 0 Å². The van der Waals surface area contributed by atoms with Gasteiger partial charge in [-0.1, -0.05) is 0 Å². The summed E-state index contributed by atoms with van der Waals surface area (Å²) in [6.07, 6.45) is 0. The van der Waals surface area contributed by atoms with E-state index in [0.29, 0.717) is 11.3 Å². The fourth-order valence-electron chi connectivity index (χ4n) is 1.81. The molecule has 1 aliphatic heterocycles. The zero-order valence-corrected chi connectivity index (χ0v) is 10.8. The summed E-state index contributed by atoms with van der Waals surface area (Å²) < 4.78 is 0. The normalized spacial score (nSPS) is 18.6. The SMILES string of the molecule is Cc1cc(NC(=O)C2CSCN2)ccc1C(N)=O. The standard InChI is InChI=1S/C12H15N3O2S/c1-7-4-8(2-3-9(7)11(13)16)15-12(17)10-5-18-6-14-10/h2-4,10,14H,5-6H2,1H3,(H2,13,16)(H,15,17). The summed E-state index contributed by atoms with van der Waals surface area (Å²) in [4.78, 5) is 23.0. The monoisotopic (exact) mass is 265 g/mol. The Morgan fingerprint density at radius 3 is 2.83 bits per heavy atom. The van der Waals surface area contributed by atoms with Crippen LogP contribution in [0.2, 0.25) is 0 Å². The first-order valence-corrected chi connectivity index (χ1v) is 6.76. The van der Waals surface area contributed by atoms with Crippen LogP contribution in [0.25, 0.3) is 0 Å². The Bertz CT molecular complexity index is 484. The molecule has 0 saturated carbocycles. The van der Waals surface area contributed by atoms with Crippen molar-refractivity contribution in [1.82, 2.24) is 5.32 Å². The van der Waals surface area contributed by atoms with Crippen LogP contribution in [0.15, 0.2) is 18.2 Å². The van der Waals surface area contributed by atoms with E-state index >= 15 is 0 Å². The number of hydrogen-bond acceptors (Lipinski definition) is 4. The van der Waals surface area contributed by atoms with Gasteiger partial charge in [0, 0.05) is 22.9 Å². The maximum Gasteiger partial charge on any atom is 0.248 e. The molecular formula is C12H15N3O2S. The lowest BCUT2D eigenvalue weighted by Gasteiger charge is -2.11. The number of primary amides is 1. The number of rotatable bonds is 3. The number of thioether (sulfide) groups is 1. The lowest BCUT2D eigenvalue weighted by molar-refractivity contribution is -0.117. The van der Waals surface area contributed by atoms with E-state index in [-0.39, 0.29) is 11.9 Å². The second kappa shape index (κ2) is 5.41. The molecule has 0 spiro atoms. The summed E-state index contributed by atoms with van der Waals surface area (Å²) in [6, 6.07) is 4.92. The van der Waals surface area contributed by atoms with Gasteiger partial charge >= 0.3 is 0 Å². The molecular weight excluding hydrogens is 250 g/mol. The topological polar surface area (TPSA) is 84.2 Å². The number of benzene rings is 1. The van der Waals surface area contributed by atoms with Crippen LogP contribution in [0, 0.1) is 6.92 Å². The molecule has 0 aromatic heterocycles. The van der Waals surface area contributed by atoms with Crippen LogP contribution in [-0.2, 0) is 4.79 Å². The average Bonchev–Trinajstić information content (AvgIpc) is 2.81. The number of nitrogens with two attached hydrogens (primary N) is 1. The van der Waals surface area contributed by atoms with Crippen LogP contribution in [-0.4, -0.2) is 29.5 Å². The van der Waals surface area contributed by atoms with E-state index in [1.54, 1.807) is 36.9 Å². The highest BCUT2D eigenvalue weighted by molar-refractivity contribution is 7.99. The molecule has 96 valence electrons. The largest absolute Gasteiger partial charge is 0.366 e. The molecule has 5 nitrogen and oxygen atoms in total. The first kappa shape index (κ1) is 12.9. The van der Waals surface area contributed by atoms with Gasteiger partial charge in [-0.05, 0) is 30.7 Å². The molecule has 0 radical (unpaired) electrons. The van der Waals surface area contributed by atoms with E-state index in [9.17, 15) is 9.59 Å².